The summed E-state index contributed by atoms with van der Waals surface area (Å²) in [6.07, 6.45) is 1.54. The Morgan fingerprint density at radius 2 is 1.82 bits per heavy atom. The lowest BCUT2D eigenvalue weighted by atomic mass is 10.1. The molecule has 22 heavy (non-hydrogen) atoms. The number of halogens is 2. The van der Waals surface area contributed by atoms with Gasteiger partial charge in [-0.3, -0.25) is 0 Å². The Kier molecular flexibility index (Phi) is 3.50. The number of hydrogen-bond acceptors (Lipinski definition) is 3. The number of nitrogens with two attached hydrogens (primary N) is 1. The molecule has 0 saturated carbocycles. The largest absolute Gasteiger partial charge is 0.497 e. The van der Waals surface area contributed by atoms with Gasteiger partial charge in [0.05, 0.1) is 13.3 Å². The topological polar surface area (TPSA) is 53.1 Å². The van der Waals surface area contributed by atoms with E-state index < -0.39 is 11.6 Å². The Hall–Kier alpha value is -2.89. The minimum Gasteiger partial charge on any atom is -0.497 e. The molecule has 0 spiro atoms. The van der Waals surface area contributed by atoms with Gasteiger partial charge in [-0.25, -0.2) is 13.5 Å². The van der Waals surface area contributed by atoms with Gasteiger partial charge in [-0.05, 0) is 29.8 Å². The fourth-order valence-corrected chi connectivity index (χ4v) is 2.20. The smallest absolute Gasteiger partial charge is 0.151 e. The molecule has 4 nitrogen and oxygen atoms in total. The van der Waals surface area contributed by atoms with Gasteiger partial charge in [0, 0.05) is 11.6 Å². The number of anilines is 1. The summed E-state index contributed by atoms with van der Waals surface area (Å²) in [6, 6.07) is 10.5. The highest BCUT2D eigenvalue weighted by molar-refractivity contribution is 5.75. The summed E-state index contributed by atoms with van der Waals surface area (Å²) >= 11 is 0. The molecule has 0 radical (unpaired) electrons. The zero-order valence-electron chi connectivity index (χ0n) is 11.8. The van der Waals surface area contributed by atoms with Crippen molar-refractivity contribution < 1.29 is 13.5 Å². The second kappa shape index (κ2) is 5.48. The van der Waals surface area contributed by atoms with Crippen molar-refractivity contribution in [1.82, 2.24) is 9.78 Å². The van der Waals surface area contributed by atoms with Crippen LogP contribution in [-0.2, 0) is 0 Å². The van der Waals surface area contributed by atoms with Crippen LogP contribution in [0.5, 0.6) is 5.75 Å². The maximum atomic E-state index is 13.9. The van der Waals surface area contributed by atoms with E-state index in [1.54, 1.807) is 25.4 Å². The molecule has 6 heteroatoms. The van der Waals surface area contributed by atoms with Crippen LogP contribution < -0.4 is 10.5 Å². The van der Waals surface area contributed by atoms with E-state index in [1.807, 2.05) is 12.1 Å². The summed E-state index contributed by atoms with van der Waals surface area (Å²) in [5, 5.41) is 4.09. The highest BCUT2D eigenvalue weighted by Gasteiger charge is 2.14. The van der Waals surface area contributed by atoms with Crippen molar-refractivity contribution in [1.29, 1.82) is 0 Å². The molecule has 112 valence electrons. The van der Waals surface area contributed by atoms with Gasteiger partial charge in [-0.2, -0.15) is 5.10 Å². The second-order valence-corrected chi connectivity index (χ2v) is 4.68. The minimum atomic E-state index is -0.726. The van der Waals surface area contributed by atoms with Crippen molar-refractivity contribution in [2.75, 3.05) is 12.8 Å². The van der Waals surface area contributed by atoms with E-state index in [4.69, 9.17) is 10.5 Å². The normalized spacial score (nSPS) is 10.7. The number of aromatic nitrogens is 2. The van der Waals surface area contributed by atoms with Gasteiger partial charge < -0.3 is 10.5 Å². The standard InChI is InChI=1S/C16H13F2N3O/c1-22-12-5-2-10(3-6-12)13-9-20-21(16(13)19)15-7-4-11(17)8-14(15)18/h2-9H,19H2,1H3. The van der Waals surface area contributed by atoms with Crippen molar-refractivity contribution in [3.63, 3.8) is 0 Å². The quantitative estimate of drug-likeness (QED) is 0.806. The summed E-state index contributed by atoms with van der Waals surface area (Å²) in [5.41, 5.74) is 7.63. The molecule has 0 aliphatic heterocycles. The molecule has 1 aromatic heterocycles. The number of nitrogen functional groups attached to an aromatic ring is 1. The highest BCUT2D eigenvalue weighted by Crippen LogP contribution is 2.29. The first-order valence-electron chi connectivity index (χ1n) is 6.53. The van der Waals surface area contributed by atoms with Gasteiger partial charge in [-0.1, -0.05) is 12.1 Å². The van der Waals surface area contributed by atoms with Crippen LogP contribution in [0.3, 0.4) is 0 Å². The molecular weight excluding hydrogens is 288 g/mol. The average Bonchev–Trinajstić information content (AvgIpc) is 2.89. The van der Waals surface area contributed by atoms with E-state index >= 15 is 0 Å². The van der Waals surface area contributed by atoms with Crippen LogP contribution in [-0.4, -0.2) is 16.9 Å². The van der Waals surface area contributed by atoms with Crippen molar-refractivity contribution >= 4 is 5.82 Å². The summed E-state index contributed by atoms with van der Waals surface area (Å²) < 4.78 is 33.2. The summed E-state index contributed by atoms with van der Waals surface area (Å²) in [4.78, 5) is 0. The lowest BCUT2D eigenvalue weighted by Gasteiger charge is -2.07. The average molecular weight is 301 g/mol. The highest BCUT2D eigenvalue weighted by atomic mass is 19.1. The SMILES string of the molecule is COc1ccc(-c2cnn(-c3ccc(F)cc3F)c2N)cc1. The van der Waals surface area contributed by atoms with Gasteiger partial charge in [0.2, 0.25) is 0 Å². The van der Waals surface area contributed by atoms with Crippen molar-refractivity contribution in [3.05, 3.63) is 60.3 Å². The lowest BCUT2D eigenvalue weighted by Crippen LogP contribution is -2.04. The van der Waals surface area contributed by atoms with Crippen molar-refractivity contribution in [3.8, 4) is 22.6 Å². The monoisotopic (exact) mass is 301 g/mol. The number of rotatable bonds is 3. The molecule has 2 N–H and O–H groups in total. The molecule has 3 rings (SSSR count). The fraction of sp³-hybridized carbons (Fsp3) is 0.0625. The third kappa shape index (κ3) is 2.39. The third-order valence-electron chi connectivity index (χ3n) is 3.35. The maximum absolute atomic E-state index is 13.9. The summed E-state index contributed by atoms with van der Waals surface area (Å²) in [5.74, 6) is -0.381. The molecule has 0 saturated heterocycles. The van der Waals surface area contributed by atoms with Gasteiger partial charge in [-0.15, -0.1) is 0 Å². The van der Waals surface area contributed by atoms with E-state index in [0.29, 0.717) is 5.56 Å². The number of hydrogen-bond donors (Lipinski definition) is 1. The number of nitrogens with zero attached hydrogens (tertiary/aromatic N) is 2. The predicted octanol–water partition coefficient (Wildman–Crippen LogP) is 3.41. The van der Waals surface area contributed by atoms with E-state index in [2.05, 4.69) is 5.10 Å². The number of benzene rings is 2. The molecule has 0 aliphatic carbocycles. The first-order valence-corrected chi connectivity index (χ1v) is 6.53. The van der Waals surface area contributed by atoms with Crippen LogP contribution >= 0.6 is 0 Å². The van der Waals surface area contributed by atoms with Crippen LogP contribution in [0.25, 0.3) is 16.8 Å². The maximum Gasteiger partial charge on any atom is 0.151 e. The van der Waals surface area contributed by atoms with Gasteiger partial charge in [0.25, 0.3) is 0 Å². The second-order valence-electron chi connectivity index (χ2n) is 4.68. The lowest BCUT2D eigenvalue weighted by molar-refractivity contribution is 0.415. The molecule has 1 heterocycles. The Labute approximate surface area is 125 Å². The Bertz CT molecular complexity index is 813. The Morgan fingerprint density at radius 3 is 2.45 bits per heavy atom. The fourth-order valence-electron chi connectivity index (χ4n) is 2.20. The molecule has 3 aromatic rings. The van der Waals surface area contributed by atoms with Crippen LogP contribution in [0, 0.1) is 11.6 Å². The van der Waals surface area contributed by atoms with Crippen molar-refractivity contribution in [2.45, 2.75) is 0 Å². The molecule has 0 unspecified atom stereocenters. The first kappa shape index (κ1) is 14.1. The van der Waals surface area contributed by atoms with E-state index in [9.17, 15) is 8.78 Å². The molecule has 2 aromatic carbocycles. The van der Waals surface area contributed by atoms with Crippen LogP contribution in [0.2, 0.25) is 0 Å². The van der Waals surface area contributed by atoms with E-state index in [0.717, 1.165) is 23.4 Å². The number of ether oxygens (including phenoxy) is 1. The van der Waals surface area contributed by atoms with Gasteiger partial charge >= 0.3 is 0 Å². The molecule has 0 bridgehead atoms. The number of methoxy groups -OCH3 is 1. The van der Waals surface area contributed by atoms with E-state index in [-0.39, 0.29) is 11.5 Å². The van der Waals surface area contributed by atoms with Crippen molar-refractivity contribution in [2.24, 2.45) is 0 Å². The molecule has 0 aliphatic rings. The van der Waals surface area contributed by atoms with Gasteiger partial charge in [0.15, 0.2) is 5.82 Å². The first-order chi connectivity index (χ1) is 10.6. The molecular formula is C16H13F2N3O. The predicted molar refractivity (Wildman–Crippen MR) is 79.9 cm³/mol. The van der Waals surface area contributed by atoms with Crippen LogP contribution in [0.1, 0.15) is 0 Å². The van der Waals surface area contributed by atoms with E-state index in [1.165, 1.54) is 10.7 Å². The Balaban J connectivity index is 2.04. The third-order valence-corrected chi connectivity index (χ3v) is 3.35. The summed E-state index contributed by atoms with van der Waals surface area (Å²) in [6.45, 7) is 0. The molecule has 0 amide bonds. The molecule has 0 atom stereocenters. The van der Waals surface area contributed by atoms with Crippen LogP contribution in [0.15, 0.2) is 48.7 Å². The minimum absolute atomic E-state index is 0.0960. The van der Waals surface area contributed by atoms with Crippen LogP contribution in [0.4, 0.5) is 14.6 Å². The Morgan fingerprint density at radius 1 is 1.09 bits per heavy atom. The van der Waals surface area contributed by atoms with Gasteiger partial charge in [0.1, 0.15) is 23.1 Å². The molecule has 0 fully saturated rings. The summed E-state index contributed by atoms with van der Waals surface area (Å²) in [7, 11) is 1.58. The zero-order chi connectivity index (χ0) is 15.7. The zero-order valence-corrected chi connectivity index (χ0v) is 11.8.